The molecule has 2 rings (SSSR count). The van der Waals surface area contributed by atoms with Gasteiger partial charge in [-0.3, -0.25) is 14.7 Å². The number of esters is 1. The van der Waals surface area contributed by atoms with Gasteiger partial charge < -0.3 is 9.64 Å². The summed E-state index contributed by atoms with van der Waals surface area (Å²) >= 11 is 0. The molecule has 0 N–H and O–H groups in total. The molecule has 0 aromatic rings. The second-order valence-corrected chi connectivity index (χ2v) is 9.22. The fourth-order valence-corrected chi connectivity index (χ4v) is 3.84. The lowest BCUT2D eigenvalue weighted by Gasteiger charge is -2.48. The minimum atomic E-state index is -0.168. The molecule has 1 fully saturated rings. The number of nitrogens with zero attached hydrogens (tertiary/aromatic N) is 3. The van der Waals surface area contributed by atoms with Crippen LogP contribution < -0.4 is 0 Å². The van der Waals surface area contributed by atoms with E-state index in [0.717, 1.165) is 26.1 Å². The molecule has 5 heteroatoms. The molecule has 142 valence electrons. The highest BCUT2D eigenvalue weighted by atomic mass is 16.5. The highest BCUT2D eigenvalue weighted by molar-refractivity contribution is 5.86. The van der Waals surface area contributed by atoms with Gasteiger partial charge >= 0.3 is 5.97 Å². The number of hydrogen-bond donors (Lipinski definition) is 0. The summed E-state index contributed by atoms with van der Waals surface area (Å²) in [5, 5.41) is 0. The summed E-state index contributed by atoms with van der Waals surface area (Å²) in [4.78, 5) is 21.5. The lowest BCUT2D eigenvalue weighted by Crippen LogP contribution is -2.53. The molecule has 2 heterocycles. The molecular formula is C20H35N3O2. The topological polar surface area (TPSA) is 45.1 Å². The average molecular weight is 350 g/mol. The summed E-state index contributed by atoms with van der Waals surface area (Å²) in [7, 11) is 1.45. The first-order valence-electron chi connectivity index (χ1n) is 9.36. The normalized spacial score (nSPS) is 22.6. The lowest BCUT2D eigenvalue weighted by atomic mass is 9.71. The molecule has 0 bridgehead atoms. The largest absolute Gasteiger partial charge is 0.468 e. The summed E-state index contributed by atoms with van der Waals surface area (Å²) in [6, 6.07) is 0.173. The second kappa shape index (κ2) is 7.10. The standard InChI is InChI=1S/C20H35N3O2/c1-9-15-21-18(20(5,6)7)17(19(2,3)4)14-12-22(10-11-23(14)15)13-16(24)25-8/h18H,9-13H2,1-8H3. The van der Waals surface area contributed by atoms with Crippen LogP contribution >= 0.6 is 0 Å². The van der Waals surface area contributed by atoms with Gasteiger partial charge in [0.1, 0.15) is 5.84 Å². The maximum Gasteiger partial charge on any atom is 0.319 e. The molecule has 0 saturated carbocycles. The van der Waals surface area contributed by atoms with E-state index >= 15 is 0 Å². The summed E-state index contributed by atoms with van der Waals surface area (Å²) in [5.74, 6) is 1.01. The average Bonchev–Trinajstić information content (AvgIpc) is 2.50. The van der Waals surface area contributed by atoms with Crippen LogP contribution in [-0.2, 0) is 9.53 Å². The summed E-state index contributed by atoms with van der Waals surface area (Å²) < 4.78 is 4.87. The molecule has 0 aromatic carbocycles. The van der Waals surface area contributed by atoms with E-state index in [-0.39, 0.29) is 22.8 Å². The summed E-state index contributed by atoms with van der Waals surface area (Å²) in [6.45, 7) is 18.7. The molecule has 0 aromatic heterocycles. The Hall–Kier alpha value is -1.36. The van der Waals surface area contributed by atoms with Gasteiger partial charge in [-0.15, -0.1) is 0 Å². The monoisotopic (exact) mass is 349 g/mol. The van der Waals surface area contributed by atoms with Gasteiger partial charge in [0.25, 0.3) is 0 Å². The second-order valence-electron chi connectivity index (χ2n) is 9.22. The fourth-order valence-electron chi connectivity index (χ4n) is 3.84. The van der Waals surface area contributed by atoms with E-state index < -0.39 is 0 Å². The van der Waals surface area contributed by atoms with Crippen LogP contribution in [0.5, 0.6) is 0 Å². The van der Waals surface area contributed by atoms with Crippen LogP contribution in [0.15, 0.2) is 16.3 Å². The number of methoxy groups -OCH3 is 1. The van der Waals surface area contributed by atoms with Crippen molar-refractivity contribution in [3.05, 3.63) is 11.3 Å². The Labute approximate surface area is 153 Å². The number of rotatable bonds is 3. The van der Waals surface area contributed by atoms with Crippen molar-refractivity contribution in [3.63, 3.8) is 0 Å². The van der Waals surface area contributed by atoms with E-state index in [4.69, 9.17) is 9.73 Å². The smallest absolute Gasteiger partial charge is 0.319 e. The predicted molar refractivity (Wildman–Crippen MR) is 103 cm³/mol. The number of hydrogen-bond acceptors (Lipinski definition) is 5. The minimum absolute atomic E-state index is 0.0303. The zero-order valence-electron chi connectivity index (χ0n) is 17.3. The van der Waals surface area contributed by atoms with Crippen LogP contribution in [0, 0.1) is 10.8 Å². The van der Waals surface area contributed by atoms with Crippen LogP contribution in [0.3, 0.4) is 0 Å². The van der Waals surface area contributed by atoms with Crippen LogP contribution in [0.2, 0.25) is 0 Å². The van der Waals surface area contributed by atoms with E-state index in [1.165, 1.54) is 24.2 Å². The van der Waals surface area contributed by atoms with Crippen LogP contribution in [0.1, 0.15) is 54.9 Å². The Balaban J connectivity index is 2.48. The van der Waals surface area contributed by atoms with Gasteiger partial charge in [0, 0.05) is 31.8 Å². The van der Waals surface area contributed by atoms with Gasteiger partial charge in [-0.1, -0.05) is 48.5 Å². The summed E-state index contributed by atoms with van der Waals surface area (Å²) in [5.41, 5.74) is 2.84. The zero-order chi connectivity index (χ0) is 19.0. The molecule has 0 amide bonds. The lowest BCUT2D eigenvalue weighted by molar-refractivity contribution is -0.142. The maximum absolute atomic E-state index is 11.7. The SMILES string of the molecule is CCC1=NC(C(C)(C)C)C(C(C)(C)C)=C2CN(CC(=O)OC)CCN12. The molecule has 2 aliphatic rings. The third-order valence-corrected chi connectivity index (χ3v) is 5.04. The number of fused-ring (bicyclic) bond motifs is 1. The highest BCUT2D eigenvalue weighted by Crippen LogP contribution is 2.44. The maximum atomic E-state index is 11.7. The number of piperazine rings is 1. The first-order valence-corrected chi connectivity index (χ1v) is 9.36. The summed E-state index contributed by atoms with van der Waals surface area (Å²) in [6.07, 6.45) is 0.935. The van der Waals surface area contributed by atoms with Gasteiger partial charge in [-0.2, -0.15) is 0 Å². The van der Waals surface area contributed by atoms with Crippen molar-refractivity contribution < 1.29 is 9.53 Å². The van der Waals surface area contributed by atoms with Crippen LogP contribution in [-0.4, -0.2) is 60.9 Å². The predicted octanol–water partition coefficient (Wildman–Crippen LogP) is 3.31. The first-order chi connectivity index (χ1) is 11.5. The molecule has 0 spiro atoms. The van der Waals surface area contributed by atoms with E-state index in [1.54, 1.807) is 0 Å². The number of carbonyl (C=O) groups is 1. The van der Waals surface area contributed by atoms with Gasteiger partial charge in [0.05, 0.1) is 19.7 Å². The van der Waals surface area contributed by atoms with Crippen LogP contribution in [0.25, 0.3) is 0 Å². The fraction of sp³-hybridized carbons (Fsp3) is 0.800. The quantitative estimate of drug-likeness (QED) is 0.733. The molecule has 2 aliphatic heterocycles. The van der Waals surface area contributed by atoms with Gasteiger partial charge in [-0.25, -0.2) is 0 Å². The van der Waals surface area contributed by atoms with E-state index in [2.05, 4.69) is 58.3 Å². The Morgan fingerprint density at radius 1 is 1.20 bits per heavy atom. The Morgan fingerprint density at radius 2 is 1.84 bits per heavy atom. The van der Waals surface area contributed by atoms with Crippen molar-refractivity contribution in [2.75, 3.05) is 33.3 Å². The number of carbonyl (C=O) groups excluding carboxylic acids is 1. The third-order valence-electron chi connectivity index (χ3n) is 5.04. The van der Waals surface area contributed by atoms with Crippen molar-refractivity contribution in [1.82, 2.24) is 9.80 Å². The molecule has 0 aliphatic carbocycles. The van der Waals surface area contributed by atoms with Gasteiger partial charge in [-0.05, 0) is 16.4 Å². The van der Waals surface area contributed by atoms with Crippen molar-refractivity contribution in [2.45, 2.75) is 60.9 Å². The van der Waals surface area contributed by atoms with Gasteiger partial charge in [0.2, 0.25) is 0 Å². The van der Waals surface area contributed by atoms with Crippen molar-refractivity contribution in [1.29, 1.82) is 0 Å². The minimum Gasteiger partial charge on any atom is -0.468 e. The van der Waals surface area contributed by atoms with Gasteiger partial charge in [0.15, 0.2) is 0 Å². The van der Waals surface area contributed by atoms with Crippen molar-refractivity contribution in [2.24, 2.45) is 15.8 Å². The van der Waals surface area contributed by atoms with E-state index in [9.17, 15) is 4.79 Å². The van der Waals surface area contributed by atoms with Crippen LogP contribution in [0.4, 0.5) is 0 Å². The number of aliphatic imine (C=N–C) groups is 1. The third kappa shape index (κ3) is 4.25. The van der Waals surface area contributed by atoms with Crippen molar-refractivity contribution >= 4 is 11.8 Å². The number of ether oxygens (including phenoxy) is 1. The highest BCUT2D eigenvalue weighted by Gasteiger charge is 2.42. The zero-order valence-corrected chi connectivity index (χ0v) is 17.3. The Kier molecular flexibility index (Phi) is 5.67. The molecule has 25 heavy (non-hydrogen) atoms. The molecular weight excluding hydrogens is 314 g/mol. The molecule has 1 unspecified atom stereocenters. The molecule has 5 nitrogen and oxygen atoms in total. The van der Waals surface area contributed by atoms with E-state index in [0.29, 0.717) is 6.54 Å². The Bertz CT molecular complexity index is 579. The Morgan fingerprint density at radius 3 is 2.32 bits per heavy atom. The van der Waals surface area contributed by atoms with E-state index in [1.807, 2.05) is 0 Å². The number of amidine groups is 1. The van der Waals surface area contributed by atoms with Crippen molar-refractivity contribution in [3.8, 4) is 0 Å². The molecule has 1 atom stereocenters. The first kappa shape index (κ1) is 20.0. The molecule has 0 radical (unpaired) electrons. The molecule has 1 saturated heterocycles.